The molecule has 0 aromatic heterocycles. The van der Waals surface area contributed by atoms with E-state index in [9.17, 15) is 14.9 Å². The fraction of sp³-hybridized carbons (Fsp3) is 0.533. The van der Waals surface area contributed by atoms with Crippen LogP contribution in [0, 0.1) is 10.1 Å². The fourth-order valence-electron chi connectivity index (χ4n) is 2.51. The highest BCUT2D eigenvalue weighted by molar-refractivity contribution is 5.98. The van der Waals surface area contributed by atoms with Crippen LogP contribution in [0.3, 0.4) is 0 Å². The predicted octanol–water partition coefficient (Wildman–Crippen LogP) is 3.34. The first-order chi connectivity index (χ1) is 9.50. The van der Waals surface area contributed by atoms with E-state index in [-0.39, 0.29) is 23.1 Å². The van der Waals surface area contributed by atoms with Crippen LogP contribution in [0.4, 0.5) is 5.69 Å². The topological polar surface area (TPSA) is 63.5 Å². The number of hydrogen-bond donors (Lipinski definition) is 0. The van der Waals surface area contributed by atoms with E-state index in [1.807, 2.05) is 19.9 Å². The summed E-state index contributed by atoms with van der Waals surface area (Å²) >= 11 is 0. The van der Waals surface area contributed by atoms with Crippen molar-refractivity contribution in [2.45, 2.75) is 39.0 Å². The van der Waals surface area contributed by atoms with Gasteiger partial charge in [-0.25, -0.2) is 0 Å². The summed E-state index contributed by atoms with van der Waals surface area (Å²) in [6.45, 7) is 5.35. The Bertz CT molecular complexity index is 520. The van der Waals surface area contributed by atoms with Gasteiger partial charge in [-0.05, 0) is 36.8 Å². The van der Waals surface area contributed by atoms with Gasteiger partial charge >= 0.3 is 0 Å². The molecule has 0 bridgehead atoms. The Kier molecular flexibility index (Phi) is 4.37. The Morgan fingerprint density at radius 1 is 1.25 bits per heavy atom. The minimum Gasteiger partial charge on any atom is -0.338 e. The quantitative estimate of drug-likeness (QED) is 0.628. The number of benzene rings is 1. The zero-order chi connectivity index (χ0) is 14.7. The molecule has 2 rings (SSSR count). The van der Waals surface area contributed by atoms with Crippen molar-refractivity contribution in [2.24, 2.45) is 0 Å². The minimum absolute atomic E-state index is 0.0771. The van der Waals surface area contributed by atoms with Crippen LogP contribution in [0.5, 0.6) is 0 Å². The number of carbonyl (C=O) groups is 1. The zero-order valence-corrected chi connectivity index (χ0v) is 12.0. The molecule has 5 heteroatoms. The maximum absolute atomic E-state index is 12.4. The number of amides is 1. The fourth-order valence-corrected chi connectivity index (χ4v) is 2.51. The maximum atomic E-state index is 12.4. The normalized spacial score (nSPS) is 15.4. The zero-order valence-electron chi connectivity index (χ0n) is 12.0. The highest BCUT2D eigenvalue weighted by Gasteiger charge is 2.26. The van der Waals surface area contributed by atoms with Crippen LogP contribution in [0.15, 0.2) is 18.2 Å². The number of likely N-dealkylation sites (tertiary alicyclic amines) is 1. The summed E-state index contributed by atoms with van der Waals surface area (Å²) < 4.78 is 0. The van der Waals surface area contributed by atoms with Crippen LogP contribution in [0.2, 0.25) is 0 Å². The molecule has 0 aliphatic carbocycles. The first-order valence-corrected chi connectivity index (χ1v) is 7.08. The summed E-state index contributed by atoms with van der Waals surface area (Å²) in [4.78, 5) is 24.9. The van der Waals surface area contributed by atoms with E-state index in [2.05, 4.69) is 0 Å². The summed E-state index contributed by atoms with van der Waals surface area (Å²) in [7, 11) is 0. The molecule has 0 N–H and O–H groups in total. The van der Waals surface area contributed by atoms with Crippen molar-refractivity contribution >= 4 is 11.6 Å². The van der Waals surface area contributed by atoms with Crippen molar-refractivity contribution in [2.75, 3.05) is 13.1 Å². The SMILES string of the molecule is CC(C)c1ccc(C(=O)N2CCCCC2)c([N+](=O)[O-])c1. The molecule has 1 aliphatic heterocycles. The molecule has 0 atom stereocenters. The number of nitro benzene ring substituents is 1. The average molecular weight is 276 g/mol. The van der Waals surface area contributed by atoms with Crippen LogP contribution in [0.1, 0.15) is 54.9 Å². The standard InChI is InChI=1S/C15H20N2O3/c1-11(2)12-6-7-13(14(10-12)17(19)20)15(18)16-8-4-3-5-9-16/h6-7,10-11H,3-5,8-9H2,1-2H3. The smallest absolute Gasteiger partial charge is 0.282 e. The van der Waals surface area contributed by atoms with E-state index in [0.717, 1.165) is 24.8 Å². The van der Waals surface area contributed by atoms with Gasteiger partial charge in [0.15, 0.2) is 0 Å². The van der Waals surface area contributed by atoms with Crippen molar-refractivity contribution < 1.29 is 9.72 Å². The highest BCUT2D eigenvalue weighted by Crippen LogP contribution is 2.26. The summed E-state index contributed by atoms with van der Waals surface area (Å²) in [5, 5.41) is 11.2. The third-order valence-corrected chi connectivity index (χ3v) is 3.76. The number of nitro groups is 1. The van der Waals surface area contributed by atoms with Gasteiger partial charge in [0.25, 0.3) is 11.6 Å². The molecule has 1 aromatic rings. The molecular weight excluding hydrogens is 256 g/mol. The number of carbonyl (C=O) groups excluding carboxylic acids is 1. The maximum Gasteiger partial charge on any atom is 0.282 e. The number of piperidine rings is 1. The third-order valence-electron chi connectivity index (χ3n) is 3.76. The van der Waals surface area contributed by atoms with Gasteiger partial charge in [-0.3, -0.25) is 14.9 Å². The Morgan fingerprint density at radius 2 is 1.90 bits per heavy atom. The van der Waals surface area contributed by atoms with Crippen LogP contribution < -0.4 is 0 Å². The molecule has 0 unspecified atom stereocenters. The third kappa shape index (κ3) is 2.98. The lowest BCUT2D eigenvalue weighted by Gasteiger charge is -2.26. The van der Waals surface area contributed by atoms with Crippen LogP contribution in [0.25, 0.3) is 0 Å². The monoisotopic (exact) mass is 276 g/mol. The van der Waals surface area contributed by atoms with Crippen LogP contribution in [-0.2, 0) is 0 Å². The lowest BCUT2D eigenvalue weighted by Crippen LogP contribution is -2.35. The van der Waals surface area contributed by atoms with E-state index < -0.39 is 4.92 Å². The van der Waals surface area contributed by atoms with Gasteiger partial charge in [-0.2, -0.15) is 0 Å². The molecule has 1 aromatic carbocycles. The van der Waals surface area contributed by atoms with E-state index in [1.165, 1.54) is 6.07 Å². The first-order valence-electron chi connectivity index (χ1n) is 7.08. The molecule has 108 valence electrons. The van der Waals surface area contributed by atoms with Crippen LogP contribution >= 0.6 is 0 Å². The second kappa shape index (κ2) is 6.03. The molecular formula is C15H20N2O3. The second-order valence-corrected chi connectivity index (χ2v) is 5.54. The number of hydrogen-bond acceptors (Lipinski definition) is 3. The van der Waals surface area contributed by atoms with Gasteiger partial charge in [0, 0.05) is 19.2 Å². The molecule has 1 heterocycles. The lowest BCUT2D eigenvalue weighted by molar-refractivity contribution is -0.385. The van der Waals surface area contributed by atoms with Gasteiger partial charge in [0.1, 0.15) is 5.56 Å². The summed E-state index contributed by atoms with van der Waals surface area (Å²) in [5.74, 6) is -0.0143. The van der Waals surface area contributed by atoms with Gasteiger partial charge in [0.2, 0.25) is 0 Å². The van der Waals surface area contributed by atoms with Crippen molar-refractivity contribution in [3.63, 3.8) is 0 Å². The Balaban J connectivity index is 2.34. The number of rotatable bonds is 3. The number of nitrogens with zero attached hydrogens (tertiary/aromatic N) is 2. The molecule has 0 radical (unpaired) electrons. The van der Waals surface area contributed by atoms with Crippen LogP contribution in [-0.4, -0.2) is 28.8 Å². The largest absolute Gasteiger partial charge is 0.338 e. The van der Waals surface area contributed by atoms with Crippen molar-refractivity contribution in [1.29, 1.82) is 0 Å². The van der Waals surface area contributed by atoms with E-state index in [1.54, 1.807) is 11.0 Å². The lowest BCUT2D eigenvalue weighted by atomic mass is 9.99. The molecule has 0 spiro atoms. The predicted molar refractivity (Wildman–Crippen MR) is 76.9 cm³/mol. The van der Waals surface area contributed by atoms with Crippen molar-refractivity contribution in [3.05, 3.63) is 39.4 Å². The van der Waals surface area contributed by atoms with E-state index >= 15 is 0 Å². The van der Waals surface area contributed by atoms with E-state index in [4.69, 9.17) is 0 Å². The van der Waals surface area contributed by atoms with Gasteiger partial charge < -0.3 is 4.90 Å². The molecule has 1 aliphatic rings. The van der Waals surface area contributed by atoms with E-state index in [0.29, 0.717) is 13.1 Å². The molecule has 5 nitrogen and oxygen atoms in total. The summed E-state index contributed by atoms with van der Waals surface area (Å²) in [6.07, 6.45) is 3.07. The molecule has 1 saturated heterocycles. The molecule has 20 heavy (non-hydrogen) atoms. The van der Waals surface area contributed by atoms with Gasteiger partial charge in [-0.15, -0.1) is 0 Å². The summed E-state index contributed by atoms with van der Waals surface area (Å²) in [6, 6.07) is 4.95. The Labute approximate surface area is 118 Å². The highest BCUT2D eigenvalue weighted by atomic mass is 16.6. The second-order valence-electron chi connectivity index (χ2n) is 5.54. The summed E-state index contributed by atoms with van der Waals surface area (Å²) in [5.41, 5.74) is 1.01. The minimum atomic E-state index is -0.455. The first kappa shape index (κ1) is 14.5. The van der Waals surface area contributed by atoms with Crippen molar-refractivity contribution in [1.82, 2.24) is 4.90 Å². The molecule has 0 saturated carbocycles. The van der Waals surface area contributed by atoms with Gasteiger partial charge in [0.05, 0.1) is 4.92 Å². The molecule has 1 fully saturated rings. The van der Waals surface area contributed by atoms with Gasteiger partial charge in [-0.1, -0.05) is 19.9 Å². The average Bonchev–Trinajstić information content (AvgIpc) is 2.46. The Morgan fingerprint density at radius 3 is 2.45 bits per heavy atom. The molecule has 1 amide bonds. The van der Waals surface area contributed by atoms with Crippen molar-refractivity contribution in [3.8, 4) is 0 Å². The Hall–Kier alpha value is -1.91.